The van der Waals surface area contributed by atoms with E-state index >= 15 is 0 Å². The lowest BCUT2D eigenvalue weighted by Gasteiger charge is -2.28. The van der Waals surface area contributed by atoms with Crippen LogP contribution < -0.4 is 10.4 Å². The van der Waals surface area contributed by atoms with Crippen molar-refractivity contribution in [2.75, 3.05) is 6.73 Å². The van der Waals surface area contributed by atoms with E-state index in [0.29, 0.717) is 25.4 Å². The van der Waals surface area contributed by atoms with Crippen LogP contribution in [0, 0.1) is 0 Å². The maximum Gasteiger partial charge on any atom is 0.339 e. The Kier molecular flexibility index (Phi) is 3.03. The van der Waals surface area contributed by atoms with Crippen LogP contribution in [0.1, 0.15) is 28.9 Å². The Morgan fingerprint density at radius 3 is 2.88 bits per heavy atom. The topological polar surface area (TPSA) is 55.8 Å². The summed E-state index contributed by atoms with van der Waals surface area (Å²) in [5.74, 6) is 1.70. The minimum Gasteiger partial charge on any atom is -0.478 e. The van der Waals surface area contributed by atoms with Gasteiger partial charge in [0.05, 0.1) is 18.4 Å². The number of ether oxygens (including phenoxy) is 1. The number of fused-ring (bicyclic) bond motifs is 5. The van der Waals surface area contributed by atoms with E-state index in [1.54, 1.807) is 6.26 Å². The molecule has 0 spiro atoms. The normalized spacial score (nSPS) is 16.8. The molecule has 1 aromatic carbocycles. The molecule has 5 heteroatoms. The number of rotatable bonds is 2. The van der Waals surface area contributed by atoms with Crippen LogP contribution in [0.5, 0.6) is 5.75 Å². The van der Waals surface area contributed by atoms with E-state index in [0.717, 1.165) is 52.8 Å². The van der Waals surface area contributed by atoms with E-state index in [4.69, 9.17) is 13.6 Å². The zero-order valence-corrected chi connectivity index (χ0v) is 13.2. The number of benzene rings is 1. The van der Waals surface area contributed by atoms with Crippen LogP contribution in [0.2, 0.25) is 0 Å². The third-order valence-electron chi connectivity index (χ3n) is 4.95. The summed E-state index contributed by atoms with van der Waals surface area (Å²) in [6, 6.07) is 7.86. The lowest BCUT2D eigenvalue weighted by Crippen LogP contribution is -2.31. The van der Waals surface area contributed by atoms with Crippen LogP contribution >= 0.6 is 0 Å². The number of nitrogens with zero attached hydrogens (tertiary/aromatic N) is 1. The number of hydrogen-bond acceptors (Lipinski definition) is 5. The Morgan fingerprint density at radius 2 is 2.00 bits per heavy atom. The van der Waals surface area contributed by atoms with Crippen molar-refractivity contribution in [1.82, 2.24) is 4.90 Å². The van der Waals surface area contributed by atoms with Gasteiger partial charge in [-0.3, -0.25) is 4.90 Å². The van der Waals surface area contributed by atoms with Gasteiger partial charge in [-0.2, -0.15) is 0 Å². The minimum absolute atomic E-state index is 0.188. The fourth-order valence-electron chi connectivity index (χ4n) is 3.82. The first-order chi connectivity index (χ1) is 11.8. The highest BCUT2D eigenvalue weighted by Crippen LogP contribution is 2.36. The van der Waals surface area contributed by atoms with Crippen molar-refractivity contribution in [2.24, 2.45) is 0 Å². The Morgan fingerprint density at radius 1 is 1.08 bits per heavy atom. The van der Waals surface area contributed by atoms with E-state index in [9.17, 15) is 4.79 Å². The summed E-state index contributed by atoms with van der Waals surface area (Å²) in [7, 11) is 0. The summed E-state index contributed by atoms with van der Waals surface area (Å²) in [4.78, 5) is 14.4. The monoisotopic (exact) mass is 323 g/mol. The van der Waals surface area contributed by atoms with Crippen molar-refractivity contribution in [3.63, 3.8) is 0 Å². The van der Waals surface area contributed by atoms with Crippen LogP contribution in [-0.2, 0) is 25.9 Å². The first kappa shape index (κ1) is 13.9. The summed E-state index contributed by atoms with van der Waals surface area (Å²) in [6.07, 6.45) is 4.47. The van der Waals surface area contributed by atoms with Gasteiger partial charge in [0.1, 0.15) is 23.8 Å². The maximum atomic E-state index is 12.3. The Balaban J connectivity index is 1.60. The lowest BCUT2D eigenvalue weighted by atomic mass is 10.0. The van der Waals surface area contributed by atoms with Crippen LogP contribution in [0.15, 0.2) is 44.2 Å². The smallest absolute Gasteiger partial charge is 0.339 e. The van der Waals surface area contributed by atoms with Gasteiger partial charge in [0.25, 0.3) is 0 Å². The van der Waals surface area contributed by atoms with Gasteiger partial charge in [0.2, 0.25) is 0 Å². The van der Waals surface area contributed by atoms with Crippen LogP contribution in [0.25, 0.3) is 11.0 Å². The van der Waals surface area contributed by atoms with Gasteiger partial charge in [-0.1, -0.05) is 0 Å². The minimum atomic E-state index is -0.188. The van der Waals surface area contributed by atoms with E-state index in [2.05, 4.69) is 4.90 Å². The fourth-order valence-corrected chi connectivity index (χ4v) is 3.82. The Labute approximate surface area is 138 Å². The van der Waals surface area contributed by atoms with Crippen LogP contribution in [0.4, 0.5) is 0 Å². The molecule has 0 radical (unpaired) electrons. The number of aryl methyl sites for hydroxylation is 1. The quantitative estimate of drug-likeness (QED) is 0.678. The molecule has 1 aliphatic heterocycles. The molecule has 5 rings (SSSR count). The Hall–Kier alpha value is -2.53. The van der Waals surface area contributed by atoms with Gasteiger partial charge in [0, 0.05) is 17.5 Å². The summed E-state index contributed by atoms with van der Waals surface area (Å²) in [6.45, 7) is 1.83. The molecule has 24 heavy (non-hydrogen) atoms. The molecule has 0 N–H and O–H groups in total. The molecular weight excluding hydrogens is 306 g/mol. The molecule has 0 fully saturated rings. The van der Waals surface area contributed by atoms with Gasteiger partial charge in [-0.05, 0) is 49.1 Å². The van der Waals surface area contributed by atoms with E-state index in [-0.39, 0.29) is 5.63 Å². The van der Waals surface area contributed by atoms with Gasteiger partial charge >= 0.3 is 5.63 Å². The fraction of sp³-hybridized carbons (Fsp3) is 0.316. The highest BCUT2D eigenvalue weighted by molar-refractivity contribution is 5.86. The molecule has 0 atom stereocenters. The van der Waals surface area contributed by atoms with Crippen LogP contribution in [0.3, 0.4) is 0 Å². The molecule has 0 saturated heterocycles. The average molecular weight is 323 g/mol. The predicted octanol–water partition coefficient (Wildman–Crippen LogP) is 3.23. The maximum absolute atomic E-state index is 12.3. The second-order valence-corrected chi connectivity index (χ2v) is 6.46. The molecule has 0 bridgehead atoms. The van der Waals surface area contributed by atoms with Crippen molar-refractivity contribution in [3.8, 4) is 5.75 Å². The average Bonchev–Trinajstić information content (AvgIpc) is 3.27. The summed E-state index contributed by atoms with van der Waals surface area (Å²) in [5, 5.41) is 1.06. The SMILES string of the molecule is O=c1oc2c3c(ccc2c2c1CCC2)OCN(Cc1ccco1)C3. The highest BCUT2D eigenvalue weighted by Gasteiger charge is 2.26. The van der Waals surface area contributed by atoms with Gasteiger partial charge in [0.15, 0.2) is 0 Å². The molecule has 2 aliphatic rings. The second kappa shape index (κ2) is 5.24. The molecule has 3 heterocycles. The van der Waals surface area contributed by atoms with Crippen molar-refractivity contribution < 1.29 is 13.6 Å². The molecule has 122 valence electrons. The van der Waals surface area contributed by atoms with Crippen molar-refractivity contribution >= 4 is 11.0 Å². The first-order valence-electron chi connectivity index (χ1n) is 8.27. The number of hydrogen-bond donors (Lipinski definition) is 0. The van der Waals surface area contributed by atoms with E-state index in [1.807, 2.05) is 24.3 Å². The predicted molar refractivity (Wildman–Crippen MR) is 88.0 cm³/mol. The molecular formula is C19H17NO4. The zero-order chi connectivity index (χ0) is 16.1. The van der Waals surface area contributed by atoms with Gasteiger partial charge in [-0.15, -0.1) is 0 Å². The van der Waals surface area contributed by atoms with Crippen molar-refractivity contribution in [3.05, 3.63) is 63.4 Å². The second-order valence-electron chi connectivity index (χ2n) is 6.46. The molecule has 0 amide bonds. The van der Waals surface area contributed by atoms with E-state index in [1.165, 1.54) is 0 Å². The first-order valence-corrected chi connectivity index (χ1v) is 8.27. The molecule has 0 saturated carbocycles. The molecule has 2 aromatic heterocycles. The third-order valence-corrected chi connectivity index (χ3v) is 4.95. The lowest BCUT2D eigenvalue weighted by molar-refractivity contribution is 0.0826. The third kappa shape index (κ3) is 2.08. The highest BCUT2D eigenvalue weighted by atomic mass is 16.5. The summed E-state index contributed by atoms with van der Waals surface area (Å²) < 4.78 is 17.0. The molecule has 1 aliphatic carbocycles. The summed E-state index contributed by atoms with van der Waals surface area (Å²) in [5.41, 5.74) is 3.46. The molecule has 5 nitrogen and oxygen atoms in total. The van der Waals surface area contributed by atoms with Gasteiger partial charge in [-0.25, -0.2) is 4.79 Å². The van der Waals surface area contributed by atoms with Crippen LogP contribution in [-0.4, -0.2) is 11.6 Å². The largest absolute Gasteiger partial charge is 0.478 e. The standard InChI is InChI=1S/C19H17NO4/c21-19-15-5-1-4-13(15)14-6-7-17-16(18(14)24-19)10-20(11-23-17)9-12-3-2-8-22-12/h2-3,6-8H,1,4-5,9-11H2. The van der Waals surface area contributed by atoms with Crippen molar-refractivity contribution in [2.45, 2.75) is 32.4 Å². The summed E-state index contributed by atoms with van der Waals surface area (Å²) >= 11 is 0. The van der Waals surface area contributed by atoms with E-state index < -0.39 is 0 Å². The van der Waals surface area contributed by atoms with Gasteiger partial charge < -0.3 is 13.6 Å². The molecule has 3 aromatic rings. The Bertz CT molecular complexity index is 971. The molecule has 0 unspecified atom stereocenters. The van der Waals surface area contributed by atoms with Crippen molar-refractivity contribution in [1.29, 1.82) is 0 Å². The number of furan rings is 1. The zero-order valence-electron chi connectivity index (χ0n) is 13.2.